The van der Waals surface area contributed by atoms with Crippen LogP contribution in [0.2, 0.25) is 0 Å². The van der Waals surface area contributed by atoms with Gasteiger partial charge in [-0.3, -0.25) is 0 Å². The summed E-state index contributed by atoms with van der Waals surface area (Å²) in [5.41, 5.74) is -3.57. The zero-order valence-corrected chi connectivity index (χ0v) is 22.9. The van der Waals surface area contributed by atoms with E-state index in [-0.39, 0.29) is 154 Å². The van der Waals surface area contributed by atoms with Crippen molar-refractivity contribution in [3.8, 4) is 0 Å². The van der Waals surface area contributed by atoms with E-state index < -0.39 is 50.6 Å². The van der Waals surface area contributed by atoms with Gasteiger partial charge in [0.15, 0.2) is 0 Å². The van der Waals surface area contributed by atoms with Gasteiger partial charge in [-0.05, 0) is 12.8 Å². The standard InChI is InChI=1S/C10H14O7S.3K/c1-9(7(11)12)3-6(18(15,16)17)4-10(2,5-9)8(13)14;;;/h3H,4-5H2,1-2H3,(H,11,12)(H,13,14)(H,15,16,17);;;/q;3*+1/p-3. The second-order valence-corrected chi connectivity index (χ2v) is 6.40. The van der Waals surface area contributed by atoms with Crippen LogP contribution < -0.4 is 164 Å². The molecule has 0 amide bonds. The largest absolute Gasteiger partial charge is 1.00 e. The Morgan fingerprint density at radius 3 is 1.81 bits per heavy atom. The van der Waals surface area contributed by atoms with Crippen molar-refractivity contribution < 1.29 is 187 Å². The molecular formula is C10H11K3O7S. The maximum atomic E-state index is 11.0. The van der Waals surface area contributed by atoms with Gasteiger partial charge in [-0.2, -0.15) is 0 Å². The Morgan fingerprint density at radius 2 is 1.52 bits per heavy atom. The number of hydrogen-bond acceptors (Lipinski definition) is 7. The van der Waals surface area contributed by atoms with E-state index >= 15 is 0 Å². The van der Waals surface area contributed by atoms with Gasteiger partial charge in [-0.25, -0.2) is 8.42 Å². The molecule has 21 heavy (non-hydrogen) atoms. The van der Waals surface area contributed by atoms with E-state index in [1.807, 2.05) is 0 Å². The quantitative estimate of drug-likeness (QED) is 0.343. The van der Waals surface area contributed by atoms with Crippen molar-refractivity contribution in [3.05, 3.63) is 11.0 Å². The Morgan fingerprint density at radius 1 is 1.10 bits per heavy atom. The minimum Gasteiger partial charge on any atom is -0.744 e. The molecule has 1 rings (SSSR count). The molecule has 7 nitrogen and oxygen atoms in total. The molecule has 1 aliphatic rings. The molecule has 102 valence electrons. The van der Waals surface area contributed by atoms with Crippen LogP contribution in [0.3, 0.4) is 0 Å². The first-order valence-electron chi connectivity index (χ1n) is 5.01. The molecule has 11 heteroatoms. The van der Waals surface area contributed by atoms with Gasteiger partial charge in [0.1, 0.15) is 10.1 Å². The maximum absolute atomic E-state index is 11.0. The van der Waals surface area contributed by atoms with Crippen LogP contribution in [0.15, 0.2) is 11.0 Å². The van der Waals surface area contributed by atoms with Crippen molar-refractivity contribution in [2.24, 2.45) is 10.8 Å². The second kappa shape index (κ2) is 10.6. The van der Waals surface area contributed by atoms with Gasteiger partial charge in [0.25, 0.3) is 0 Å². The first-order chi connectivity index (χ1) is 7.91. The Bertz CT molecular complexity index is 545. The molecule has 0 saturated carbocycles. The molecular weight excluding hydrogens is 381 g/mol. The molecule has 0 radical (unpaired) electrons. The first-order valence-corrected chi connectivity index (χ1v) is 6.42. The molecule has 0 fully saturated rings. The molecule has 1 aliphatic carbocycles. The van der Waals surface area contributed by atoms with Crippen LogP contribution in [0.25, 0.3) is 0 Å². The average molecular weight is 393 g/mol. The van der Waals surface area contributed by atoms with Gasteiger partial charge in [0.2, 0.25) is 0 Å². The molecule has 0 aromatic rings. The minimum absolute atomic E-state index is 0. The fourth-order valence-corrected chi connectivity index (χ4v) is 3.05. The summed E-state index contributed by atoms with van der Waals surface area (Å²) in [5.74, 6) is -3.25. The Labute approximate surface area is 251 Å². The Kier molecular flexibility index (Phi) is 14.8. The van der Waals surface area contributed by atoms with Gasteiger partial charge < -0.3 is 24.4 Å². The Balaban J connectivity index is -0.00000108. The molecule has 2 unspecified atom stereocenters. The predicted molar refractivity (Wildman–Crippen MR) is 53.2 cm³/mol. The van der Waals surface area contributed by atoms with E-state index in [2.05, 4.69) is 0 Å². The number of hydrogen-bond donors (Lipinski definition) is 0. The first kappa shape index (κ1) is 29.3. The number of carbonyl (C=O) groups excluding carboxylic acids is 2. The fraction of sp³-hybridized carbons (Fsp3) is 0.600. The van der Waals surface area contributed by atoms with Crippen molar-refractivity contribution in [3.63, 3.8) is 0 Å². The summed E-state index contributed by atoms with van der Waals surface area (Å²) in [4.78, 5) is 21.2. The Hall–Kier alpha value is 3.50. The number of carboxylic acid groups (broad SMARTS) is 2. The zero-order chi connectivity index (χ0) is 14.4. The zero-order valence-electron chi connectivity index (χ0n) is 12.8. The molecule has 2 atom stereocenters. The van der Waals surface area contributed by atoms with Crippen LogP contribution in [0, 0.1) is 10.8 Å². The smallest absolute Gasteiger partial charge is 0.744 e. The van der Waals surface area contributed by atoms with Gasteiger partial charge in [-0.1, -0.05) is 19.9 Å². The van der Waals surface area contributed by atoms with Gasteiger partial charge in [0.05, 0.1) is 5.97 Å². The fourth-order valence-electron chi connectivity index (χ4n) is 2.15. The predicted octanol–water partition coefficient (Wildman–Crippen LogP) is -11.3. The molecule has 0 aromatic heterocycles. The van der Waals surface area contributed by atoms with Crippen molar-refractivity contribution in [1.29, 1.82) is 0 Å². The summed E-state index contributed by atoms with van der Waals surface area (Å²) in [7, 11) is -4.91. The number of aliphatic carboxylic acids is 2. The van der Waals surface area contributed by atoms with Gasteiger partial charge in [-0.15, -0.1) is 0 Å². The van der Waals surface area contributed by atoms with Crippen LogP contribution in [0.5, 0.6) is 0 Å². The minimum atomic E-state index is -4.91. The summed E-state index contributed by atoms with van der Waals surface area (Å²) < 4.78 is 32.9. The third-order valence-electron chi connectivity index (χ3n) is 3.08. The van der Waals surface area contributed by atoms with Crippen LogP contribution in [0.4, 0.5) is 0 Å². The molecule has 0 aromatic carbocycles. The van der Waals surface area contributed by atoms with Crippen LogP contribution in [0.1, 0.15) is 26.7 Å². The number of carbonyl (C=O) groups is 2. The number of rotatable bonds is 3. The maximum Gasteiger partial charge on any atom is 1.00 e. The molecule has 0 saturated heterocycles. The van der Waals surface area contributed by atoms with Gasteiger partial charge in [0, 0.05) is 21.7 Å². The number of allylic oxidation sites excluding steroid dienone is 1. The van der Waals surface area contributed by atoms with E-state index in [1.54, 1.807) is 0 Å². The summed E-state index contributed by atoms with van der Waals surface area (Å²) in [6.45, 7) is 2.25. The molecule has 0 aliphatic heterocycles. The summed E-state index contributed by atoms with van der Waals surface area (Å²) >= 11 is 0. The van der Waals surface area contributed by atoms with E-state index in [1.165, 1.54) is 0 Å². The van der Waals surface area contributed by atoms with E-state index in [4.69, 9.17) is 0 Å². The van der Waals surface area contributed by atoms with Crippen molar-refractivity contribution in [2.45, 2.75) is 26.7 Å². The average Bonchev–Trinajstić information content (AvgIpc) is 2.14. The van der Waals surface area contributed by atoms with E-state index in [0.717, 1.165) is 19.9 Å². The second-order valence-electron chi connectivity index (χ2n) is 4.97. The van der Waals surface area contributed by atoms with E-state index in [9.17, 15) is 32.8 Å². The molecule has 0 bridgehead atoms. The van der Waals surface area contributed by atoms with Crippen LogP contribution in [-0.2, 0) is 19.7 Å². The monoisotopic (exact) mass is 392 g/mol. The molecule has 0 heterocycles. The van der Waals surface area contributed by atoms with Crippen molar-refractivity contribution >= 4 is 22.1 Å². The SMILES string of the molecule is CC1(C(=O)[O-])C=C(S(=O)(=O)[O-])CC(C)(C(=O)[O-])C1.[K+].[K+].[K+]. The number of carboxylic acids is 2. The molecule has 0 spiro atoms. The van der Waals surface area contributed by atoms with Gasteiger partial charge >= 0.3 is 154 Å². The summed E-state index contributed by atoms with van der Waals surface area (Å²) in [5, 5.41) is 22.0. The molecule has 0 N–H and O–H groups in total. The third kappa shape index (κ3) is 7.72. The van der Waals surface area contributed by atoms with Crippen molar-refractivity contribution in [2.75, 3.05) is 0 Å². The van der Waals surface area contributed by atoms with Crippen LogP contribution in [-0.4, -0.2) is 24.9 Å². The van der Waals surface area contributed by atoms with E-state index in [0.29, 0.717) is 0 Å². The van der Waals surface area contributed by atoms with Crippen molar-refractivity contribution in [1.82, 2.24) is 0 Å². The third-order valence-corrected chi connectivity index (χ3v) is 3.99. The van der Waals surface area contributed by atoms with Crippen LogP contribution >= 0.6 is 0 Å². The summed E-state index contributed by atoms with van der Waals surface area (Å²) in [6, 6.07) is 0. The summed E-state index contributed by atoms with van der Waals surface area (Å²) in [6.07, 6.45) is -0.219. The normalized spacial score (nSPS) is 28.0. The topological polar surface area (TPSA) is 137 Å².